The van der Waals surface area contributed by atoms with Crippen LogP contribution in [0.5, 0.6) is 0 Å². The number of ether oxygens (including phenoxy) is 1. The van der Waals surface area contributed by atoms with E-state index >= 15 is 0 Å². The van der Waals surface area contributed by atoms with E-state index in [-0.39, 0.29) is 11.9 Å². The molecule has 1 atom stereocenters. The number of halogens is 1. The van der Waals surface area contributed by atoms with Crippen molar-refractivity contribution in [2.45, 2.75) is 39.3 Å². The second kappa shape index (κ2) is 9.69. The van der Waals surface area contributed by atoms with Crippen molar-refractivity contribution < 1.29 is 9.13 Å². The Labute approximate surface area is 198 Å². The van der Waals surface area contributed by atoms with Crippen molar-refractivity contribution in [3.63, 3.8) is 0 Å². The molecule has 34 heavy (non-hydrogen) atoms. The quantitative estimate of drug-likeness (QED) is 0.413. The lowest BCUT2D eigenvalue weighted by atomic mass is 10.1. The van der Waals surface area contributed by atoms with Crippen molar-refractivity contribution in [2.24, 2.45) is 0 Å². The molecule has 7 nitrogen and oxygen atoms in total. The molecule has 0 saturated carbocycles. The van der Waals surface area contributed by atoms with Gasteiger partial charge in [0.15, 0.2) is 17.0 Å². The van der Waals surface area contributed by atoms with Gasteiger partial charge in [-0.05, 0) is 61.6 Å². The van der Waals surface area contributed by atoms with E-state index in [1.807, 2.05) is 0 Å². The Kier molecular flexibility index (Phi) is 6.31. The van der Waals surface area contributed by atoms with Gasteiger partial charge in [-0.2, -0.15) is 9.97 Å². The van der Waals surface area contributed by atoms with E-state index < -0.39 is 0 Å². The third kappa shape index (κ3) is 4.97. The number of rotatable bonds is 7. The average Bonchev–Trinajstić information content (AvgIpc) is 3.35. The van der Waals surface area contributed by atoms with Crippen LogP contribution in [0.25, 0.3) is 11.2 Å². The molecule has 0 radical (unpaired) electrons. The molecule has 4 aromatic rings. The maximum Gasteiger partial charge on any atom is 0.229 e. The number of aromatic nitrogens is 4. The SMILES string of the molecule is Cc1ccc(C)c(Nc2nc(N(Cc3ccc(F)cc3)C[C@H]3CCCO3)nc3nccnc23)c1. The smallest absolute Gasteiger partial charge is 0.229 e. The van der Waals surface area contributed by atoms with Gasteiger partial charge in [0.05, 0.1) is 6.10 Å². The van der Waals surface area contributed by atoms with E-state index in [2.05, 4.69) is 52.2 Å². The average molecular weight is 459 g/mol. The number of anilines is 3. The summed E-state index contributed by atoms with van der Waals surface area (Å²) in [5.41, 5.74) is 5.29. The van der Waals surface area contributed by atoms with Crippen molar-refractivity contribution in [1.82, 2.24) is 19.9 Å². The fourth-order valence-electron chi connectivity index (χ4n) is 4.14. The molecule has 8 heteroatoms. The molecule has 0 unspecified atom stereocenters. The van der Waals surface area contributed by atoms with Crippen LogP contribution < -0.4 is 10.2 Å². The van der Waals surface area contributed by atoms with Gasteiger partial charge in [0.1, 0.15) is 5.82 Å². The van der Waals surface area contributed by atoms with Crippen LogP contribution in [0.15, 0.2) is 54.9 Å². The van der Waals surface area contributed by atoms with Gasteiger partial charge in [0.2, 0.25) is 5.95 Å². The highest BCUT2D eigenvalue weighted by atomic mass is 19.1. The topological polar surface area (TPSA) is 76.1 Å². The molecule has 0 aliphatic carbocycles. The molecule has 0 spiro atoms. The van der Waals surface area contributed by atoms with E-state index in [1.54, 1.807) is 24.5 Å². The Morgan fingerprint density at radius 1 is 1.06 bits per heavy atom. The molecule has 1 N–H and O–H groups in total. The summed E-state index contributed by atoms with van der Waals surface area (Å²) in [6, 6.07) is 12.8. The molecule has 2 aromatic heterocycles. The van der Waals surface area contributed by atoms with Crippen LogP contribution in [0.1, 0.15) is 29.5 Å². The molecule has 1 aliphatic rings. The van der Waals surface area contributed by atoms with Gasteiger partial charge in [-0.15, -0.1) is 0 Å². The lowest BCUT2D eigenvalue weighted by Gasteiger charge is -2.26. The largest absolute Gasteiger partial charge is 0.376 e. The molecule has 3 heterocycles. The van der Waals surface area contributed by atoms with Crippen molar-refractivity contribution in [2.75, 3.05) is 23.4 Å². The molecular formula is C26H27FN6O. The van der Waals surface area contributed by atoms with E-state index in [0.717, 1.165) is 41.8 Å². The van der Waals surface area contributed by atoms with Crippen molar-refractivity contribution in [1.29, 1.82) is 0 Å². The molecule has 1 aliphatic heterocycles. The first-order valence-corrected chi connectivity index (χ1v) is 11.5. The summed E-state index contributed by atoms with van der Waals surface area (Å²) in [6.07, 6.45) is 5.39. The van der Waals surface area contributed by atoms with Gasteiger partial charge < -0.3 is 15.0 Å². The molecular weight excluding hydrogens is 431 g/mol. The minimum Gasteiger partial charge on any atom is -0.376 e. The van der Waals surface area contributed by atoms with Gasteiger partial charge in [0, 0.05) is 37.8 Å². The molecule has 0 bridgehead atoms. The van der Waals surface area contributed by atoms with Crippen LogP contribution in [0.3, 0.4) is 0 Å². The summed E-state index contributed by atoms with van der Waals surface area (Å²) < 4.78 is 19.4. The lowest BCUT2D eigenvalue weighted by Crippen LogP contribution is -2.33. The molecule has 0 amide bonds. The van der Waals surface area contributed by atoms with E-state index in [4.69, 9.17) is 14.7 Å². The van der Waals surface area contributed by atoms with Crippen LogP contribution in [-0.4, -0.2) is 39.2 Å². The Bertz CT molecular complexity index is 1290. The molecule has 2 aromatic carbocycles. The number of aryl methyl sites for hydroxylation is 2. The highest BCUT2D eigenvalue weighted by molar-refractivity contribution is 5.86. The molecule has 174 valence electrons. The van der Waals surface area contributed by atoms with Crippen LogP contribution in [0.4, 0.5) is 21.8 Å². The summed E-state index contributed by atoms with van der Waals surface area (Å²) in [5.74, 6) is 0.866. The van der Waals surface area contributed by atoms with Crippen LogP contribution in [-0.2, 0) is 11.3 Å². The summed E-state index contributed by atoms with van der Waals surface area (Å²) in [6.45, 7) is 6.02. The number of hydrogen-bond donors (Lipinski definition) is 1. The summed E-state index contributed by atoms with van der Waals surface area (Å²) in [4.78, 5) is 20.7. The summed E-state index contributed by atoms with van der Waals surface area (Å²) in [7, 11) is 0. The third-order valence-electron chi connectivity index (χ3n) is 5.98. The maximum atomic E-state index is 13.5. The Hall–Kier alpha value is -3.65. The number of benzene rings is 2. The van der Waals surface area contributed by atoms with Gasteiger partial charge in [-0.25, -0.2) is 14.4 Å². The first-order chi connectivity index (χ1) is 16.5. The van der Waals surface area contributed by atoms with E-state index in [0.29, 0.717) is 36.0 Å². The highest BCUT2D eigenvalue weighted by Crippen LogP contribution is 2.28. The molecule has 1 saturated heterocycles. The van der Waals surface area contributed by atoms with Crippen LogP contribution in [0.2, 0.25) is 0 Å². The zero-order valence-corrected chi connectivity index (χ0v) is 19.3. The number of fused-ring (bicyclic) bond motifs is 1. The predicted molar refractivity (Wildman–Crippen MR) is 131 cm³/mol. The Balaban J connectivity index is 1.55. The van der Waals surface area contributed by atoms with E-state index in [1.165, 1.54) is 12.1 Å². The van der Waals surface area contributed by atoms with Crippen molar-refractivity contribution in [3.8, 4) is 0 Å². The van der Waals surface area contributed by atoms with Crippen LogP contribution >= 0.6 is 0 Å². The fourth-order valence-corrected chi connectivity index (χ4v) is 4.14. The first kappa shape index (κ1) is 22.2. The monoisotopic (exact) mass is 458 g/mol. The third-order valence-corrected chi connectivity index (χ3v) is 5.98. The van der Waals surface area contributed by atoms with Crippen LogP contribution in [0, 0.1) is 19.7 Å². The summed E-state index contributed by atoms with van der Waals surface area (Å²) >= 11 is 0. The zero-order valence-electron chi connectivity index (χ0n) is 19.3. The van der Waals surface area contributed by atoms with Gasteiger partial charge >= 0.3 is 0 Å². The fraction of sp³-hybridized carbons (Fsp3) is 0.308. The van der Waals surface area contributed by atoms with Gasteiger partial charge in [0.25, 0.3) is 0 Å². The second-order valence-electron chi connectivity index (χ2n) is 8.69. The zero-order chi connectivity index (χ0) is 23.5. The number of hydrogen-bond acceptors (Lipinski definition) is 7. The Morgan fingerprint density at radius 2 is 1.88 bits per heavy atom. The maximum absolute atomic E-state index is 13.5. The van der Waals surface area contributed by atoms with Gasteiger partial charge in [-0.3, -0.25) is 0 Å². The first-order valence-electron chi connectivity index (χ1n) is 11.5. The standard InChI is InChI=1S/C26H27FN6O/c1-17-5-6-18(2)22(14-17)30-25-23-24(29-12-11-28-23)31-26(32-25)33(16-21-4-3-13-34-21)15-19-7-9-20(27)10-8-19/h5-12,14,21H,3-4,13,15-16H2,1-2H3,(H,29,30,31,32)/t21-/m1/s1. The Morgan fingerprint density at radius 3 is 2.68 bits per heavy atom. The number of nitrogens with one attached hydrogen (secondary N) is 1. The van der Waals surface area contributed by atoms with Gasteiger partial charge in [-0.1, -0.05) is 24.3 Å². The molecule has 5 rings (SSSR count). The molecule has 1 fully saturated rings. The normalized spacial score (nSPS) is 15.6. The summed E-state index contributed by atoms with van der Waals surface area (Å²) in [5, 5.41) is 3.46. The van der Waals surface area contributed by atoms with Crippen molar-refractivity contribution in [3.05, 3.63) is 77.4 Å². The predicted octanol–water partition coefficient (Wildman–Crippen LogP) is 5.10. The minimum atomic E-state index is -0.258. The second-order valence-corrected chi connectivity index (χ2v) is 8.69. The highest BCUT2D eigenvalue weighted by Gasteiger charge is 2.23. The number of nitrogens with zero attached hydrogens (tertiary/aromatic N) is 5. The minimum absolute atomic E-state index is 0.0945. The lowest BCUT2D eigenvalue weighted by molar-refractivity contribution is 0.115. The van der Waals surface area contributed by atoms with Crippen molar-refractivity contribution >= 4 is 28.6 Å². The van der Waals surface area contributed by atoms with E-state index in [9.17, 15) is 4.39 Å².